The lowest BCUT2D eigenvalue weighted by atomic mass is 9.85. The second kappa shape index (κ2) is 11.4. The molecule has 40 heavy (non-hydrogen) atoms. The van der Waals surface area contributed by atoms with E-state index in [2.05, 4.69) is 20.8 Å². The molecule has 1 fully saturated rings. The first-order chi connectivity index (χ1) is 19.0. The highest BCUT2D eigenvalue weighted by Gasteiger charge is 2.46. The molecule has 7 nitrogen and oxygen atoms in total. The van der Waals surface area contributed by atoms with E-state index in [1.54, 1.807) is 37.3 Å². The molecule has 0 aromatic heterocycles. The summed E-state index contributed by atoms with van der Waals surface area (Å²) in [5.41, 5.74) is 3.85. The van der Waals surface area contributed by atoms with Crippen LogP contribution < -0.4 is 4.74 Å². The molecule has 208 valence electrons. The van der Waals surface area contributed by atoms with Crippen LogP contribution in [0.15, 0.2) is 72.3 Å². The highest BCUT2D eigenvalue weighted by molar-refractivity contribution is 6.46. The fourth-order valence-corrected chi connectivity index (χ4v) is 4.89. The summed E-state index contributed by atoms with van der Waals surface area (Å²) in [7, 11) is 1.50. The molecule has 0 bridgehead atoms. The number of aryl methyl sites for hydroxylation is 1. The van der Waals surface area contributed by atoms with Gasteiger partial charge in [-0.3, -0.25) is 9.59 Å². The van der Waals surface area contributed by atoms with E-state index in [1.165, 1.54) is 12.0 Å². The number of nitrogens with zero attached hydrogens (tertiary/aromatic N) is 1. The Kier molecular flexibility index (Phi) is 8.14. The van der Waals surface area contributed by atoms with Gasteiger partial charge < -0.3 is 19.5 Å². The number of hydrogen-bond donors (Lipinski definition) is 1. The third-order valence-electron chi connectivity index (χ3n) is 7.04. The zero-order valence-electron chi connectivity index (χ0n) is 23.8. The lowest BCUT2D eigenvalue weighted by Crippen LogP contribution is -2.29. The average Bonchev–Trinajstić information content (AvgIpc) is 3.17. The number of Topliss-reactive ketones (excluding diaryl/α,β-unsaturated/α-hetero) is 1. The number of rotatable bonds is 7. The van der Waals surface area contributed by atoms with Gasteiger partial charge in [0.2, 0.25) is 0 Å². The molecule has 3 aromatic rings. The van der Waals surface area contributed by atoms with Gasteiger partial charge in [-0.15, -0.1) is 0 Å². The minimum Gasteiger partial charge on any atom is -0.507 e. The first kappa shape index (κ1) is 28.6. The smallest absolute Gasteiger partial charge is 0.338 e. The zero-order valence-corrected chi connectivity index (χ0v) is 23.8. The number of benzene rings is 3. The highest BCUT2D eigenvalue weighted by atomic mass is 16.5. The van der Waals surface area contributed by atoms with Crippen LogP contribution in [-0.2, 0) is 26.3 Å². The Morgan fingerprint density at radius 3 is 2.30 bits per heavy atom. The van der Waals surface area contributed by atoms with Crippen LogP contribution in [0, 0.1) is 6.92 Å². The van der Waals surface area contributed by atoms with Crippen LogP contribution in [0.1, 0.15) is 71.9 Å². The Morgan fingerprint density at radius 2 is 1.70 bits per heavy atom. The maximum atomic E-state index is 13.6. The fraction of sp³-hybridized carbons (Fsp3) is 0.303. The third-order valence-corrected chi connectivity index (χ3v) is 7.04. The van der Waals surface area contributed by atoms with Gasteiger partial charge in [-0.25, -0.2) is 4.79 Å². The maximum absolute atomic E-state index is 13.6. The number of likely N-dealkylation sites (tertiary alicyclic amines) is 1. The van der Waals surface area contributed by atoms with Gasteiger partial charge in [0.05, 0.1) is 36.5 Å². The molecule has 0 saturated carbocycles. The van der Waals surface area contributed by atoms with E-state index in [9.17, 15) is 19.5 Å². The first-order valence-corrected chi connectivity index (χ1v) is 13.3. The molecule has 1 atom stereocenters. The van der Waals surface area contributed by atoms with Gasteiger partial charge in [0.15, 0.2) is 0 Å². The summed E-state index contributed by atoms with van der Waals surface area (Å²) in [4.78, 5) is 40.6. The normalized spacial score (nSPS) is 16.8. The molecule has 1 amide bonds. The van der Waals surface area contributed by atoms with Gasteiger partial charge in [-0.05, 0) is 60.2 Å². The maximum Gasteiger partial charge on any atom is 0.338 e. The van der Waals surface area contributed by atoms with Crippen molar-refractivity contribution in [3.63, 3.8) is 0 Å². The predicted molar refractivity (Wildman–Crippen MR) is 153 cm³/mol. The molecule has 1 unspecified atom stereocenters. The second-order valence-corrected chi connectivity index (χ2v) is 10.9. The van der Waals surface area contributed by atoms with Crippen LogP contribution in [0.3, 0.4) is 0 Å². The number of amides is 1. The van der Waals surface area contributed by atoms with Crippen LogP contribution in [0.5, 0.6) is 5.75 Å². The summed E-state index contributed by atoms with van der Waals surface area (Å²) < 4.78 is 10.6. The summed E-state index contributed by atoms with van der Waals surface area (Å²) in [6, 6.07) is 18.9. The largest absolute Gasteiger partial charge is 0.507 e. The second-order valence-electron chi connectivity index (χ2n) is 10.9. The van der Waals surface area contributed by atoms with Crippen LogP contribution in [-0.4, -0.2) is 41.4 Å². The van der Waals surface area contributed by atoms with Gasteiger partial charge in [0.1, 0.15) is 11.5 Å². The number of methoxy groups -OCH3 is 1. The van der Waals surface area contributed by atoms with Crippen molar-refractivity contribution in [2.75, 3.05) is 13.7 Å². The highest BCUT2D eigenvalue weighted by Crippen LogP contribution is 2.42. The van der Waals surface area contributed by atoms with E-state index in [1.807, 2.05) is 43.3 Å². The van der Waals surface area contributed by atoms with Crippen molar-refractivity contribution in [2.45, 2.75) is 52.6 Å². The van der Waals surface area contributed by atoms with Crippen molar-refractivity contribution >= 4 is 23.4 Å². The number of carbonyl (C=O) groups is 3. The Bertz CT molecular complexity index is 1480. The van der Waals surface area contributed by atoms with Gasteiger partial charge >= 0.3 is 5.97 Å². The number of ketones is 1. The Morgan fingerprint density at radius 1 is 1.00 bits per heavy atom. The zero-order chi connectivity index (χ0) is 29.2. The summed E-state index contributed by atoms with van der Waals surface area (Å²) in [5, 5.41) is 11.7. The van der Waals surface area contributed by atoms with Crippen LogP contribution in [0.2, 0.25) is 0 Å². The lowest BCUT2D eigenvalue weighted by molar-refractivity contribution is -0.140. The van der Waals surface area contributed by atoms with Crippen molar-refractivity contribution in [2.24, 2.45) is 0 Å². The van der Waals surface area contributed by atoms with Crippen molar-refractivity contribution in [3.8, 4) is 5.75 Å². The monoisotopic (exact) mass is 541 g/mol. The molecule has 0 spiro atoms. The summed E-state index contributed by atoms with van der Waals surface area (Å²) >= 11 is 0. The predicted octanol–water partition coefficient (Wildman–Crippen LogP) is 6.10. The molecule has 3 aromatic carbocycles. The summed E-state index contributed by atoms with van der Waals surface area (Å²) in [5.74, 6) is -1.80. The lowest BCUT2D eigenvalue weighted by Gasteiger charge is -2.26. The van der Waals surface area contributed by atoms with E-state index in [4.69, 9.17) is 9.47 Å². The average molecular weight is 542 g/mol. The number of ether oxygens (including phenoxy) is 2. The number of aliphatic hydroxyl groups excluding tert-OH is 1. The van der Waals surface area contributed by atoms with Gasteiger partial charge in [0, 0.05) is 6.54 Å². The quantitative estimate of drug-likeness (QED) is 0.168. The summed E-state index contributed by atoms with van der Waals surface area (Å²) in [6.45, 7) is 10.2. The SMILES string of the molecule is CCOC(=O)c1ccc(CN2C(=O)C(=O)/C(=C(/O)c3cc(C(C)(C)C)ccc3OC)C2c2cccc(C)c2)cc1. The van der Waals surface area contributed by atoms with Crippen molar-refractivity contribution in [3.05, 3.63) is 106 Å². The molecule has 4 rings (SSSR count). The molecular formula is C33H35NO6. The van der Waals surface area contributed by atoms with Crippen LogP contribution in [0.4, 0.5) is 0 Å². The minimum atomic E-state index is -0.826. The molecule has 7 heteroatoms. The first-order valence-electron chi connectivity index (χ1n) is 13.3. The molecule has 0 aliphatic carbocycles. The third kappa shape index (κ3) is 5.64. The van der Waals surface area contributed by atoms with Crippen LogP contribution in [0.25, 0.3) is 5.76 Å². The van der Waals surface area contributed by atoms with E-state index in [0.717, 1.165) is 16.7 Å². The molecular weight excluding hydrogens is 506 g/mol. The van der Waals surface area contributed by atoms with E-state index in [-0.39, 0.29) is 29.9 Å². The molecule has 1 aliphatic heterocycles. The fourth-order valence-electron chi connectivity index (χ4n) is 4.89. The van der Waals surface area contributed by atoms with Crippen molar-refractivity contribution in [1.29, 1.82) is 0 Å². The van der Waals surface area contributed by atoms with E-state index < -0.39 is 23.7 Å². The Labute approximate surface area is 235 Å². The Hall–Kier alpha value is -4.39. The van der Waals surface area contributed by atoms with E-state index in [0.29, 0.717) is 22.4 Å². The number of hydrogen-bond acceptors (Lipinski definition) is 6. The van der Waals surface area contributed by atoms with E-state index >= 15 is 0 Å². The van der Waals surface area contributed by atoms with Crippen molar-refractivity contribution < 1.29 is 29.0 Å². The molecule has 1 N–H and O–H groups in total. The molecule has 1 aliphatic rings. The van der Waals surface area contributed by atoms with Gasteiger partial charge in [0.25, 0.3) is 11.7 Å². The molecule has 1 saturated heterocycles. The minimum absolute atomic E-state index is 0.00287. The van der Waals surface area contributed by atoms with Gasteiger partial charge in [-0.2, -0.15) is 0 Å². The Balaban J connectivity index is 1.85. The number of carbonyl (C=O) groups excluding carboxylic acids is 3. The molecule has 0 radical (unpaired) electrons. The molecule has 1 heterocycles. The number of esters is 1. The summed E-state index contributed by atoms with van der Waals surface area (Å²) in [6.07, 6.45) is 0. The number of aliphatic hydroxyl groups is 1. The standard InChI is InChI=1S/C33H35NO6/c1-7-40-32(38)22-13-11-21(12-14-22)19-34-28(23-10-8-9-20(2)17-23)27(30(36)31(34)37)29(35)25-18-24(33(3,4)5)15-16-26(25)39-6/h8-18,28,35H,7,19H2,1-6H3/b29-27+. The van der Waals surface area contributed by atoms with Gasteiger partial charge in [-0.1, -0.05) is 68.8 Å². The van der Waals surface area contributed by atoms with Crippen molar-refractivity contribution in [1.82, 2.24) is 4.90 Å². The topological polar surface area (TPSA) is 93.1 Å². The van der Waals surface area contributed by atoms with Crippen LogP contribution >= 0.6 is 0 Å².